The molecule has 0 aliphatic heterocycles. The first-order valence-electron chi connectivity index (χ1n) is 5.28. The van der Waals surface area contributed by atoms with Crippen LogP contribution in [0.4, 0.5) is 18.3 Å². The number of rotatable bonds is 4. The molecule has 20 heavy (non-hydrogen) atoms. The highest BCUT2D eigenvalue weighted by molar-refractivity contribution is 7.09. The first-order chi connectivity index (χ1) is 9.51. The van der Waals surface area contributed by atoms with Crippen molar-refractivity contribution in [3.8, 4) is 0 Å². The molecule has 0 saturated carbocycles. The van der Waals surface area contributed by atoms with Crippen LogP contribution in [0.3, 0.4) is 0 Å². The van der Waals surface area contributed by atoms with Gasteiger partial charge in [-0.15, -0.1) is 0 Å². The average molecular weight is 303 g/mol. The summed E-state index contributed by atoms with van der Waals surface area (Å²) in [7, 11) is 1.45. The molecule has 0 saturated heterocycles. The van der Waals surface area contributed by atoms with Crippen LogP contribution in [0.5, 0.6) is 0 Å². The maximum Gasteiger partial charge on any atom is 0.260 e. The summed E-state index contributed by atoms with van der Waals surface area (Å²) < 4.78 is 47.8. The summed E-state index contributed by atoms with van der Waals surface area (Å²) in [6, 6.07) is 0.789. The SMILES string of the molecule is COCc1nsc(NC(=O)c2cc(F)c(F)cc2F)n1. The first-order valence-corrected chi connectivity index (χ1v) is 6.06. The van der Waals surface area contributed by atoms with Gasteiger partial charge in [-0.05, 0) is 6.07 Å². The van der Waals surface area contributed by atoms with Crippen molar-refractivity contribution in [2.45, 2.75) is 6.61 Å². The van der Waals surface area contributed by atoms with Crippen LogP contribution in [0.25, 0.3) is 0 Å². The molecule has 0 fully saturated rings. The van der Waals surface area contributed by atoms with E-state index in [1.807, 2.05) is 0 Å². The third-order valence-electron chi connectivity index (χ3n) is 2.22. The van der Waals surface area contributed by atoms with E-state index < -0.39 is 28.9 Å². The van der Waals surface area contributed by atoms with Gasteiger partial charge in [0, 0.05) is 24.7 Å². The number of ether oxygens (including phenoxy) is 1. The van der Waals surface area contributed by atoms with E-state index in [2.05, 4.69) is 14.7 Å². The molecule has 0 aliphatic carbocycles. The second kappa shape index (κ2) is 5.97. The zero-order valence-electron chi connectivity index (χ0n) is 10.1. The molecule has 0 radical (unpaired) electrons. The summed E-state index contributed by atoms with van der Waals surface area (Å²) >= 11 is 0.862. The Morgan fingerprint density at radius 2 is 2.00 bits per heavy atom. The molecule has 1 aromatic heterocycles. The second-order valence-electron chi connectivity index (χ2n) is 3.65. The topological polar surface area (TPSA) is 64.1 Å². The fourth-order valence-corrected chi connectivity index (χ4v) is 1.92. The van der Waals surface area contributed by atoms with Crippen LogP contribution >= 0.6 is 11.5 Å². The Hall–Kier alpha value is -2.00. The number of nitrogens with zero attached hydrogens (tertiary/aromatic N) is 2. The predicted molar refractivity (Wildman–Crippen MR) is 64.9 cm³/mol. The molecule has 2 rings (SSSR count). The number of carbonyl (C=O) groups is 1. The fraction of sp³-hybridized carbons (Fsp3) is 0.182. The number of hydrogen-bond acceptors (Lipinski definition) is 5. The van der Waals surface area contributed by atoms with Gasteiger partial charge in [0.15, 0.2) is 17.5 Å². The summed E-state index contributed by atoms with van der Waals surface area (Å²) in [5, 5.41) is 2.35. The average Bonchev–Trinajstić information content (AvgIpc) is 2.81. The van der Waals surface area contributed by atoms with Gasteiger partial charge in [0.2, 0.25) is 5.13 Å². The van der Waals surface area contributed by atoms with Crippen LogP contribution in [0, 0.1) is 17.5 Å². The zero-order valence-corrected chi connectivity index (χ0v) is 10.9. The normalized spacial score (nSPS) is 10.6. The van der Waals surface area contributed by atoms with Crippen molar-refractivity contribution in [1.29, 1.82) is 0 Å². The number of amides is 1. The highest BCUT2D eigenvalue weighted by Gasteiger charge is 2.17. The molecule has 9 heteroatoms. The van der Waals surface area contributed by atoms with E-state index in [1.54, 1.807) is 0 Å². The molecule has 1 heterocycles. The number of benzene rings is 1. The Kier molecular flexibility index (Phi) is 4.30. The number of anilines is 1. The minimum Gasteiger partial charge on any atom is -0.377 e. The van der Waals surface area contributed by atoms with Crippen LogP contribution in [0.1, 0.15) is 16.2 Å². The van der Waals surface area contributed by atoms with Gasteiger partial charge in [0.1, 0.15) is 12.4 Å². The molecule has 5 nitrogen and oxygen atoms in total. The molecule has 1 amide bonds. The molecule has 0 atom stereocenters. The minimum atomic E-state index is -1.36. The Morgan fingerprint density at radius 3 is 2.70 bits per heavy atom. The monoisotopic (exact) mass is 303 g/mol. The third kappa shape index (κ3) is 3.11. The van der Waals surface area contributed by atoms with Crippen LogP contribution < -0.4 is 5.32 Å². The van der Waals surface area contributed by atoms with Gasteiger partial charge < -0.3 is 4.74 Å². The molecule has 0 bridgehead atoms. The number of nitrogens with one attached hydrogen (secondary N) is 1. The lowest BCUT2D eigenvalue weighted by atomic mass is 10.2. The van der Waals surface area contributed by atoms with Crippen molar-refractivity contribution < 1.29 is 22.7 Å². The molecule has 0 unspecified atom stereocenters. The number of methoxy groups -OCH3 is 1. The van der Waals surface area contributed by atoms with Gasteiger partial charge in [-0.3, -0.25) is 10.1 Å². The smallest absolute Gasteiger partial charge is 0.260 e. The van der Waals surface area contributed by atoms with Gasteiger partial charge in [-0.25, -0.2) is 18.2 Å². The largest absolute Gasteiger partial charge is 0.377 e. The summed E-state index contributed by atoms with van der Waals surface area (Å²) in [5.74, 6) is -4.44. The van der Waals surface area contributed by atoms with Crippen molar-refractivity contribution in [1.82, 2.24) is 9.36 Å². The molecule has 2 aromatic rings. The van der Waals surface area contributed by atoms with E-state index in [0.29, 0.717) is 18.0 Å². The van der Waals surface area contributed by atoms with Crippen LogP contribution in [0.15, 0.2) is 12.1 Å². The third-order valence-corrected chi connectivity index (χ3v) is 2.88. The van der Waals surface area contributed by atoms with Gasteiger partial charge in [0.25, 0.3) is 5.91 Å². The van der Waals surface area contributed by atoms with Crippen LogP contribution in [-0.4, -0.2) is 22.4 Å². The van der Waals surface area contributed by atoms with Crippen molar-refractivity contribution in [2.75, 3.05) is 12.4 Å². The second-order valence-corrected chi connectivity index (χ2v) is 4.40. The van der Waals surface area contributed by atoms with E-state index in [1.165, 1.54) is 7.11 Å². The number of carbonyl (C=O) groups excluding carboxylic acids is 1. The predicted octanol–water partition coefficient (Wildman–Crippen LogP) is 2.35. The van der Waals surface area contributed by atoms with Gasteiger partial charge in [-0.1, -0.05) is 0 Å². The Labute approximate surface area is 115 Å². The van der Waals surface area contributed by atoms with Crippen LogP contribution in [-0.2, 0) is 11.3 Å². The standard InChI is InChI=1S/C11H8F3N3O2S/c1-19-4-9-15-11(20-17-9)16-10(18)5-2-7(13)8(14)3-6(5)12/h2-3H,4H2,1H3,(H,15,16,17,18). The van der Waals surface area contributed by atoms with E-state index in [9.17, 15) is 18.0 Å². The van der Waals surface area contributed by atoms with E-state index in [-0.39, 0.29) is 11.7 Å². The van der Waals surface area contributed by atoms with Gasteiger partial charge in [-0.2, -0.15) is 4.37 Å². The first kappa shape index (κ1) is 14.4. The minimum absolute atomic E-state index is 0.103. The molecule has 0 spiro atoms. The molecule has 1 aromatic carbocycles. The Bertz CT molecular complexity index is 648. The highest BCUT2D eigenvalue weighted by atomic mass is 32.1. The van der Waals surface area contributed by atoms with E-state index >= 15 is 0 Å². The number of halogens is 3. The summed E-state index contributed by atoms with van der Waals surface area (Å²) in [6.45, 7) is 0.159. The van der Waals surface area contributed by atoms with Gasteiger partial charge >= 0.3 is 0 Å². The molecule has 0 aliphatic rings. The summed E-state index contributed by atoms with van der Waals surface area (Å²) in [4.78, 5) is 15.6. The lowest BCUT2D eigenvalue weighted by Crippen LogP contribution is -2.14. The zero-order chi connectivity index (χ0) is 14.7. The van der Waals surface area contributed by atoms with Gasteiger partial charge in [0.05, 0.1) is 5.56 Å². The van der Waals surface area contributed by atoms with Crippen molar-refractivity contribution in [3.63, 3.8) is 0 Å². The van der Waals surface area contributed by atoms with Crippen molar-refractivity contribution in [3.05, 3.63) is 41.0 Å². The number of aromatic nitrogens is 2. The lowest BCUT2D eigenvalue weighted by molar-refractivity contribution is 0.102. The molecular weight excluding hydrogens is 295 g/mol. The molecule has 106 valence electrons. The fourth-order valence-electron chi connectivity index (χ4n) is 1.35. The Morgan fingerprint density at radius 1 is 1.30 bits per heavy atom. The quantitative estimate of drug-likeness (QED) is 0.881. The lowest BCUT2D eigenvalue weighted by Gasteiger charge is -2.03. The van der Waals surface area contributed by atoms with E-state index in [4.69, 9.17) is 4.74 Å². The molecular formula is C11H8F3N3O2S. The van der Waals surface area contributed by atoms with Crippen molar-refractivity contribution in [2.24, 2.45) is 0 Å². The highest BCUT2D eigenvalue weighted by Crippen LogP contribution is 2.17. The van der Waals surface area contributed by atoms with Crippen molar-refractivity contribution >= 4 is 22.6 Å². The van der Waals surface area contributed by atoms with E-state index in [0.717, 1.165) is 11.5 Å². The maximum atomic E-state index is 13.4. The van der Waals surface area contributed by atoms with Crippen LogP contribution in [0.2, 0.25) is 0 Å². The maximum absolute atomic E-state index is 13.4. The number of hydrogen-bond donors (Lipinski definition) is 1. The summed E-state index contributed by atoms with van der Waals surface area (Å²) in [6.07, 6.45) is 0. The Balaban J connectivity index is 2.17. The summed E-state index contributed by atoms with van der Waals surface area (Å²) in [5.41, 5.74) is -0.618. The molecule has 1 N–H and O–H groups in total.